The Balaban J connectivity index is 1.74. The average Bonchev–Trinajstić information content (AvgIpc) is 2.93. The number of aromatic amines is 1. The first-order chi connectivity index (χ1) is 9.56. The second-order valence-electron chi connectivity index (χ2n) is 5.43. The number of nitrogens with one attached hydrogen (secondary N) is 2. The van der Waals surface area contributed by atoms with Crippen LogP contribution < -0.4 is 11.1 Å². The second kappa shape index (κ2) is 6.67. The molecule has 6 nitrogen and oxygen atoms in total. The first kappa shape index (κ1) is 14.7. The molecule has 110 valence electrons. The van der Waals surface area contributed by atoms with E-state index in [4.69, 9.17) is 5.73 Å². The molecule has 1 aromatic rings. The van der Waals surface area contributed by atoms with Crippen molar-refractivity contribution in [1.29, 1.82) is 0 Å². The third kappa shape index (κ3) is 3.91. The van der Waals surface area contributed by atoms with E-state index in [1.54, 1.807) is 18.3 Å². The molecule has 0 radical (unpaired) electrons. The number of imide groups is 1. The van der Waals surface area contributed by atoms with Crippen molar-refractivity contribution in [2.75, 3.05) is 19.6 Å². The summed E-state index contributed by atoms with van der Waals surface area (Å²) in [6.07, 6.45) is 3.67. The summed E-state index contributed by atoms with van der Waals surface area (Å²) in [5, 5.41) is 2.39. The maximum Gasteiger partial charge on any atom is 0.274 e. The van der Waals surface area contributed by atoms with Gasteiger partial charge in [0.15, 0.2) is 0 Å². The number of carbonyl (C=O) groups is 2. The van der Waals surface area contributed by atoms with Crippen molar-refractivity contribution in [1.82, 2.24) is 15.2 Å². The Bertz CT molecular complexity index is 448. The van der Waals surface area contributed by atoms with Crippen LogP contribution in [0.3, 0.4) is 0 Å². The number of amides is 2. The van der Waals surface area contributed by atoms with E-state index in [2.05, 4.69) is 15.2 Å². The van der Waals surface area contributed by atoms with Crippen LogP contribution in [0.1, 0.15) is 30.3 Å². The molecule has 1 aliphatic heterocycles. The fourth-order valence-corrected chi connectivity index (χ4v) is 2.54. The summed E-state index contributed by atoms with van der Waals surface area (Å²) in [6.45, 7) is 4.01. The van der Waals surface area contributed by atoms with Crippen molar-refractivity contribution in [3.8, 4) is 0 Å². The second-order valence-corrected chi connectivity index (χ2v) is 5.43. The highest BCUT2D eigenvalue weighted by atomic mass is 16.2. The Kier molecular flexibility index (Phi) is 4.92. The van der Waals surface area contributed by atoms with Crippen LogP contribution in [0.2, 0.25) is 0 Å². The SMILES string of the molecule is CC(N)C1CCN(CC(=O)NC(=O)c2ccc[nH]2)CC1. The maximum atomic E-state index is 11.8. The molecule has 1 fully saturated rings. The number of likely N-dealkylation sites (tertiary alicyclic amines) is 1. The van der Waals surface area contributed by atoms with Gasteiger partial charge in [-0.3, -0.25) is 19.8 Å². The van der Waals surface area contributed by atoms with Gasteiger partial charge in [-0.15, -0.1) is 0 Å². The zero-order chi connectivity index (χ0) is 14.5. The number of nitrogens with two attached hydrogens (primary N) is 1. The summed E-state index contributed by atoms with van der Waals surface area (Å²) >= 11 is 0. The number of nitrogens with zero attached hydrogens (tertiary/aromatic N) is 1. The summed E-state index contributed by atoms with van der Waals surface area (Å²) in [5.41, 5.74) is 6.29. The van der Waals surface area contributed by atoms with Gasteiger partial charge in [0.1, 0.15) is 5.69 Å². The summed E-state index contributed by atoms with van der Waals surface area (Å²) in [4.78, 5) is 28.4. The molecule has 20 heavy (non-hydrogen) atoms. The minimum absolute atomic E-state index is 0.209. The molecule has 1 aliphatic rings. The summed E-state index contributed by atoms with van der Waals surface area (Å²) in [5.74, 6) is -0.107. The van der Waals surface area contributed by atoms with Crippen LogP contribution >= 0.6 is 0 Å². The molecule has 0 saturated carbocycles. The van der Waals surface area contributed by atoms with Crippen LogP contribution in [0.4, 0.5) is 0 Å². The van der Waals surface area contributed by atoms with Gasteiger partial charge in [0, 0.05) is 12.2 Å². The highest BCUT2D eigenvalue weighted by Crippen LogP contribution is 2.18. The van der Waals surface area contributed by atoms with Gasteiger partial charge in [-0.05, 0) is 50.9 Å². The van der Waals surface area contributed by atoms with E-state index >= 15 is 0 Å². The molecule has 1 aromatic heterocycles. The Morgan fingerprint density at radius 1 is 1.50 bits per heavy atom. The van der Waals surface area contributed by atoms with Gasteiger partial charge < -0.3 is 10.7 Å². The van der Waals surface area contributed by atoms with Gasteiger partial charge in [-0.1, -0.05) is 0 Å². The first-order valence-electron chi connectivity index (χ1n) is 7.02. The lowest BCUT2D eigenvalue weighted by atomic mass is 9.91. The molecular formula is C14H22N4O2. The Morgan fingerprint density at radius 2 is 2.20 bits per heavy atom. The lowest BCUT2D eigenvalue weighted by molar-refractivity contribution is -0.121. The number of H-pyrrole nitrogens is 1. The standard InChI is InChI=1S/C14H22N4O2/c1-10(15)11-4-7-18(8-5-11)9-13(19)17-14(20)12-3-2-6-16-12/h2-3,6,10-11,16H,4-5,7-9,15H2,1H3,(H,17,19,20). The molecule has 1 atom stereocenters. The fraction of sp³-hybridized carbons (Fsp3) is 0.571. The average molecular weight is 278 g/mol. The van der Waals surface area contributed by atoms with Crippen molar-refractivity contribution in [3.63, 3.8) is 0 Å². The van der Waals surface area contributed by atoms with E-state index in [-0.39, 0.29) is 24.4 Å². The molecular weight excluding hydrogens is 256 g/mol. The van der Waals surface area contributed by atoms with Crippen molar-refractivity contribution in [3.05, 3.63) is 24.0 Å². The van der Waals surface area contributed by atoms with E-state index < -0.39 is 0 Å². The van der Waals surface area contributed by atoms with Gasteiger partial charge in [0.2, 0.25) is 5.91 Å². The first-order valence-corrected chi connectivity index (χ1v) is 7.02. The largest absolute Gasteiger partial charge is 0.357 e. The van der Waals surface area contributed by atoms with Crippen molar-refractivity contribution >= 4 is 11.8 Å². The van der Waals surface area contributed by atoms with Crippen molar-refractivity contribution < 1.29 is 9.59 Å². The predicted molar refractivity (Wildman–Crippen MR) is 76.1 cm³/mol. The molecule has 2 rings (SSSR count). The topological polar surface area (TPSA) is 91.2 Å². The van der Waals surface area contributed by atoms with Crippen LogP contribution in [0.15, 0.2) is 18.3 Å². The molecule has 4 N–H and O–H groups in total. The lowest BCUT2D eigenvalue weighted by Gasteiger charge is -2.33. The third-order valence-electron chi connectivity index (χ3n) is 3.84. The van der Waals surface area contributed by atoms with Gasteiger partial charge in [0.05, 0.1) is 6.54 Å². The molecule has 0 bridgehead atoms. The van der Waals surface area contributed by atoms with E-state index in [0.717, 1.165) is 25.9 Å². The molecule has 0 aliphatic carbocycles. The van der Waals surface area contributed by atoms with E-state index in [1.165, 1.54) is 0 Å². The molecule has 0 aromatic carbocycles. The summed E-state index contributed by atoms with van der Waals surface area (Å²) < 4.78 is 0. The van der Waals surface area contributed by atoms with E-state index in [1.807, 2.05) is 6.92 Å². The van der Waals surface area contributed by atoms with Gasteiger partial charge >= 0.3 is 0 Å². The Labute approximate surface area is 118 Å². The monoisotopic (exact) mass is 278 g/mol. The van der Waals surface area contributed by atoms with Gasteiger partial charge in [-0.25, -0.2) is 0 Å². The molecule has 1 saturated heterocycles. The predicted octanol–water partition coefficient (Wildman–Crippen LogP) is 0.330. The zero-order valence-corrected chi connectivity index (χ0v) is 11.8. The molecule has 0 spiro atoms. The number of carbonyl (C=O) groups excluding carboxylic acids is 2. The Morgan fingerprint density at radius 3 is 2.75 bits per heavy atom. The maximum absolute atomic E-state index is 11.8. The Hall–Kier alpha value is -1.66. The molecule has 2 heterocycles. The minimum Gasteiger partial charge on any atom is -0.357 e. The molecule has 6 heteroatoms. The summed E-state index contributed by atoms with van der Waals surface area (Å²) in [7, 11) is 0. The van der Waals surface area contributed by atoms with Crippen LogP contribution in [-0.2, 0) is 4.79 Å². The number of aromatic nitrogens is 1. The fourth-order valence-electron chi connectivity index (χ4n) is 2.54. The van der Waals surface area contributed by atoms with E-state index in [0.29, 0.717) is 11.6 Å². The highest BCUT2D eigenvalue weighted by Gasteiger charge is 2.23. The minimum atomic E-state index is -0.384. The lowest BCUT2D eigenvalue weighted by Crippen LogP contribution is -2.45. The van der Waals surface area contributed by atoms with Gasteiger partial charge in [-0.2, -0.15) is 0 Å². The molecule has 1 unspecified atom stereocenters. The van der Waals surface area contributed by atoms with Crippen molar-refractivity contribution in [2.24, 2.45) is 11.7 Å². The number of piperidine rings is 1. The smallest absolute Gasteiger partial charge is 0.274 e. The quantitative estimate of drug-likeness (QED) is 0.740. The number of hydrogen-bond acceptors (Lipinski definition) is 4. The van der Waals surface area contributed by atoms with E-state index in [9.17, 15) is 9.59 Å². The molecule has 2 amide bonds. The number of hydrogen-bond donors (Lipinski definition) is 3. The van der Waals surface area contributed by atoms with Crippen LogP contribution in [-0.4, -0.2) is 47.4 Å². The zero-order valence-electron chi connectivity index (χ0n) is 11.8. The van der Waals surface area contributed by atoms with Gasteiger partial charge in [0.25, 0.3) is 5.91 Å². The summed E-state index contributed by atoms with van der Waals surface area (Å²) in [6, 6.07) is 3.56. The normalized spacial score (nSPS) is 18.7. The number of rotatable bonds is 4. The van der Waals surface area contributed by atoms with Crippen molar-refractivity contribution in [2.45, 2.75) is 25.8 Å². The highest BCUT2D eigenvalue weighted by molar-refractivity contribution is 6.04. The van der Waals surface area contributed by atoms with Crippen LogP contribution in [0, 0.1) is 5.92 Å². The van der Waals surface area contributed by atoms with Crippen LogP contribution in [0.5, 0.6) is 0 Å². The van der Waals surface area contributed by atoms with Crippen LogP contribution in [0.25, 0.3) is 0 Å². The third-order valence-corrected chi connectivity index (χ3v) is 3.84.